The molecule has 1 atom stereocenters. The molecular weight excluding hydrogens is 290 g/mol. The third kappa shape index (κ3) is 3.44. The van der Waals surface area contributed by atoms with Gasteiger partial charge in [0.1, 0.15) is 17.5 Å². The van der Waals surface area contributed by atoms with E-state index in [4.69, 9.17) is 9.47 Å². The zero-order valence-electron chi connectivity index (χ0n) is 12.6. The van der Waals surface area contributed by atoms with Gasteiger partial charge < -0.3 is 14.6 Å². The van der Waals surface area contributed by atoms with Gasteiger partial charge in [-0.05, 0) is 24.6 Å². The summed E-state index contributed by atoms with van der Waals surface area (Å²) in [4.78, 5) is 13.8. The minimum absolute atomic E-state index is 0.567. The number of aryl methyl sites for hydroxylation is 1. The van der Waals surface area contributed by atoms with Gasteiger partial charge in [-0.25, -0.2) is 0 Å². The Balaban J connectivity index is 2.50. The summed E-state index contributed by atoms with van der Waals surface area (Å²) in [5.41, 5.74) is 1.58. The molecular formula is C15H21NO4S. The molecule has 0 radical (unpaired) electrons. The van der Waals surface area contributed by atoms with Gasteiger partial charge in [0.15, 0.2) is 0 Å². The Morgan fingerprint density at radius 1 is 1.24 bits per heavy atom. The van der Waals surface area contributed by atoms with Crippen LogP contribution < -0.4 is 9.47 Å². The maximum Gasteiger partial charge on any atom is 0.325 e. The highest BCUT2D eigenvalue weighted by molar-refractivity contribution is 7.99. The summed E-state index contributed by atoms with van der Waals surface area (Å²) < 4.78 is 10.8. The number of carboxylic acids is 1. The van der Waals surface area contributed by atoms with Crippen molar-refractivity contribution in [2.75, 3.05) is 38.8 Å². The number of hydrogen-bond acceptors (Lipinski definition) is 5. The predicted molar refractivity (Wildman–Crippen MR) is 83.6 cm³/mol. The quantitative estimate of drug-likeness (QED) is 0.899. The average molecular weight is 311 g/mol. The fourth-order valence-corrected chi connectivity index (χ4v) is 3.57. The second kappa shape index (κ2) is 7.04. The SMILES string of the molecule is COc1cc(C)cc(OC)c1C(C(=O)O)N1CCSCC1. The van der Waals surface area contributed by atoms with Crippen LogP contribution in [0.4, 0.5) is 0 Å². The van der Waals surface area contributed by atoms with E-state index in [1.54, 1.807) is 14.2 Å². The van der Waals surface area contributed by atoms with Gasteiger partial charge in [-0.3, -0.25) is 9.69 Å². The molecule has 1 fully saturated rings. The predicted octanol–water partition coefficient (Wildman–Crippen LogP) is 2.19. The van der Waals surface area contributed by atoms with E-state index < -0.39 is 12.0 Å². The third-order valence-electron chi connectivity index (χ3n) is 3.61. The molecule has 1 saturated heterocycles. The molecule has 0 saturated carbocycles. The van der Waals surface area contributed by atoms with Crippen LogP contribution in [0.5, 0.6) is 11.5 Å². The van der Waals surface area contributed by atoms with Gasteiger partial charge in [-0.2, -0.15) is 11.8 Å². The normalized spacial score (nSPS) is 17.3. The molecule has 1 heterocycles. The third-order valence-corrected chi connectivity index (χ3v) is 4.55. The van der Waals surface area contributed by atoms with Crippen molar-refractivity contribution in [2.24, 2.45) is 0 Å². The first-order valence-corrected chi connectivity index (χ1v) is 8.01. The Hall–Kier alpha value is -1.40. The van der Waals surface area contributed by atoms with Crippen molar-refractivity contribution < 1.29 is 19.4 Å². The number of aliphatic carboxylic acids is 1. The maximum absolute atomic E-state index is 11.9. The largest absolute Gasteiger partial charge is 0.496 e. The van der Waals surface area contributed by atoms with Crippen molar-refractivity contribution in [3.8, 4) is 11.5 Å². The highest BCUT2D eigenvalue weighted by Crippen LogP contribution is 2.39. The van der Waals surface area contributed by atoms with E-state index in [2.05, 4.69) is 0 Å². The number of carboxylic acid groups (broad SMARTS) is 1. The number of nitrogens with zero attached hydrogens (tertiary/aromatic N) is 1. The number of carbonyl (C=O) groups is 1. The van der Waals surface area contributed by atoms with E-state index in [9.17, 15) is 9.90 Å². The lowest BCUT2D eigenvalue weighted by atomic mass is 10.0. The van der Waals surface area contributed by atoms with Crippen LogP contribution in [0, 0.1) is 6.92 Å². The van der Waals surface area contributed by atoms with Gasteiger partial charge in [-0.15, -0.1) is 0 Å². The summed E-state index contributed by atoms with van der Waals surface area (Å²) in [7, 11) is 3.12. The summed E-state index contributed by atoms with van der Waals surface area (Å²) in [6.07, 6.45) is 0. The summed E-state index contributed by atoms with van der Waals surface area (Å²) >= 11 is 1.85. The number of benzene rings is 1. The van der Waals surface area contributed by atoms with E-state index in [0.29, 0.717) is 17.1 Å². The van der Waals surface area contributed by atoms with Crippen LogP contribution >= 0.6 is 11.8 Å². The van der Waals surface area contributed by atoms with Crippen LogP contribution in [0.2, 0.25) is 0 Å². The maximum atomic E-state index is 11.9. The Labute approximate surface area is 129 Å². The molecule has 6 heteroatoms. The van der Waals surface area contributed by atoms with E-state index in [-0.39, 0.29) is 0 Å². The molecule has 1 aliphatic heterocycles. The molecule has 0 spiro atoms. The molecule has 0 amide bonds. The Bertz CT molecular complexity index is 489. The number of rotatable bonds is 5. The molecule has 21 heavy (non-hydrogen) atoms. The Kier molecular flexibility index (Phi) is 5.36. The number of ether oxygens (including phenoxy) is 2. The molecule has 0 aliphatic carbocycles. The molecule has 2 rings (SSSR count). The summed E-state index contributed by atoms with van der Waals surface area (Å²) in [5, 5.41) is 9.73. The van der Waals surface area contributed by atoms with Gasteiger partial charge in [0.25, 0.3) is 0 Å². The molecule has 0 aromatic heterocycles. The van der Waals surface area contributed by atoms with Crippen molar-refractivity contribution in [2.45, 2.75) is 13.0 Å². The van der Waals surface area contributed by atoms with Crippen LogP contribution in [0.15, 0.2) is 12.1 Å². The van der Waals surface area contributed by atoms with E-state index in [0.717, 1.165) is 30.2 Å². The van der Waals surface area contributed by atoms with Crippen molar-refractivity contribution >= 4 is 17.7 Å². The molecule has 1 aromatic carbocycles. The fourth-order valence-electron chi connectivity index (χ4n) is 2.64. The van der Waals surface area contributed by atoms with Crippen LogP contribution in [-0.4, -0.2) is 54.8 Å². The number of thioether (sulfide) groups is 1. The average Bonchev–Trinajstić information content (AvgIpc) is 2.49. The number of methoxy groups -OCH3 is 2. The molecule has 1 aliphatic rings. The highest BCUT2D eigenvalue weighted by Gasteiger charge is 2.33. The summed E-state index contributed by atoms with van der Waals surface area (Å²) in [6, 6.07) is 2.97. The lowest BCUT2D eigenvalue weighted by Gasteiger charge is -2.33. The van der Waals surface area contributed by atoms with Crippen LogP contribution in [0.3, 0.4) is 0 Å². The van der Waals surface area contributed by atoms with Crippen molar-refractivity contribution in [3.63, 3.8) is 0 Å². The van der Waals surface area contributed by atoms with Crippen LogP contribution in [0.25, 0.3) is 0 Å². The number of hydrogen-bond donors (Lipinski definition) is 1. The highest BCUT2D eigenvalue weighted by atomic mass is 32.2. The van der Waals surface area contributed by atoms with Gasteiger partial charge in [0.05, 0.1) is 19.8 Å². The van der Waals surface area contributed by atoms with Crippen molar-refractivity contribution in [3.05, 3.63) is 23.3 Å². The van der Waals surface area contributed by atoms with Gasteiger partial charge in [0, 0.05) is 24.6 Å². The lowest BCUT2D eigenvalue weighted by Crippen LogP contribution is -2.40. The van der Waals surface area contributed by atoms with E-state index in [1.165, 1.54) is 0 Å². The van der Waals surface area contributed by atoms with E-state index >= 15 is 0 Å². The van der Waals surface area contributed by atoms with Gasteiger partial charge in [-0.1, -0.05) is 0 Å². The van der Waals surface area contributed by atoms with Crippen molar-refractivity contribution in [1.82, 2.24) is 4.90 Å². The minimum Gasteiger partial charge on any atom is -0.496 e. The molecule has 1 unspecified atom stereocenters. The minimum atomic E-state index is -0.873. The zero-order chi connectivity index (χ0) is 15.4. The molecule has 116 valence electrons. The fraction of sp³-hybridized carbons (Fsp3) is 0.533. The first kappa shape index (κ1) is 16.0. The standard InChI is InChI=1S/C15H21NO4S/c1-10-8-11(19-2)13(12(9-10)20-3)14(15(17)18)16-4-6-21-7-5-16/h8-9,14H,4-7H2,1-3H3,(H,17,18). The summed E-state index contributed by atoms with van der Waals surface area (Å²) in [6.45, 7) is 3.44. The smallest absolute Gasteiger partial charge is 0.325 e. The topological polar surface area (TPSA) is 59.0 Å². The molecule has 5 nitrogen and oxygen atoms in total. The zero-order valence-corrected chi connectivity index (χ0v) is 13.4. The van der Waals surface area contributed by atoms with Gasteiger partial charge in [0.2, 0.25) is 0 Å². The molecule has 1 aromatic rings. The van der Waals surface area contributed by atoms with E-state index in [1.807, 2.05) is 35.7 Å². The van der Waals surface area contributed by atoms with Gasteiger partial charge >= 0.3 is 5.97 Å². The Morgan fingerprint density at radius 3 is 2.19 bits per heavy atom. The second-order valence-corrected chi connectivity index (χ2v) is 6.20. The lowest BCUT2D eigenvalue weighted by molar-refractivity contribution is -0.143. The monoisotopic (exact) mass is 311 g/mol. The van der Waals surface area contributed by atoms with Crippen LogP contribution in [0.1, 0.15) is 17.2 Å². The molecule has 1 N–H and O–H groups in total. The second-order valence-electron chi connectivity index (χ2n) is 4.97. The molecule has 0 bridgehead atoms. The first-order chi connectivity index (χ1) is 10.1. The first-order valence-electron chi connectivity index (χ1n) is 6.85. The van der Waals surface area contributed by atoms with Crippen LogP contribution in [-0.2, 0) is 4.79 Å². The van der Waals surface area contributed by atoms with Crippen molar-refractivity contribution in [1.29, 1.82) is 0 Å². The Morgan fingerprint density at radius 2 is 1.76 bits per heavy atom. The summed E-state index contributed by atoms with van der Waals surface area (Å²) in [5.74, 6) is 2.15.